The van der Waals surface area contributed by atoms with Crippen LogP contribution < -0.4 is 11.1 Å². The summed E-state index contributed by atoms with van der Waals surface area (Å²) in [6, 6.07) is 4.44. The zero-order valence-corrected chi connectivity index (χ0v) is 12.2. The molecule has 0 aliphatic rings. The minimum Gasteiger partial charge on any atom is -0.478 e. The number of carbonyl (C=O) groups excluding carboxylic acids is 1. The quantitative estimate of drug-likeness (QED) is 0.570. The smallest absolute Gasteiger partial charge is 0.408 e. The van der Waals surface area contributed by atoms with Crippen LogP contribution in [0.15, 0.2) is 18.2 Å². The molecule has 0 saturated carbocycles. The highest BCUT2D eigenvalue weighted by molar-refractivity contribution is 5.91. The van der Waals surface area contributed by atoms with E-state index in [0.29, 0.717) is 11.3 Å². The van der Waals surface area contributed by atoms with Crippen molar-refractivity contribution in [2.75, 3.05) is 12.3 Å². The Kier molecular flexibility index (Phi) is 5.19. The van der Waals surface area contributed by atoms with Gasteiger partial charge in [0.1, 0.15) is 5.60 Å². The number of hydrogen-bond acceptors (Lipinski definition) is 4. The van der Waals surface area contributed by atoms with Gasteiger partial charge in [0.25, 0.3) is 0 Å². The molecule has 6 nitrogen and oxygen atoms in total. The fourth-order valence-electron chi connectivity index (χ4n) is 1.42. The molecule has 0 bridgehead atoms. The van der Waals surface area contributed by atoms with E-state index < -0.39 is 17.7 Å². The number of nitrogens with one attached hydrogen (secondary N) is 1. The topological polar surface area (TPSA) is 102 Å². The second-order valence-electron chi connectivity index (χ2n) is 5.27. The summed E-state index contributed by atoms with van der Waals surface area (Å²) >= 11 is 0. The lowest BCUT2D eigenvalue weighted by molar-refractivity contribution is 0.0534. The van der Waals surface area contributed by atoms with Crippen molar-refractivity contribution < 1.29 is 19.4 Å². The number of nitrogens with two attached hydrogens (primary N) is 1. The molecule has 0 aromatic heterocycles. The summed E-state index contributed by atoms with van der Waals surface area (Å²) in [6.45, 7) is 5.32. The van der Waals surface area contributed by atoms with Crippen LogP contribution >= 0.6 is 0 Å². The van der Waals surface area contributed by atoms with Crippen LogP contribution in [0.4, 0.5) is 10.5 Å². The zero-order chi connectivity index (χ0) is 16.0. The molecule has 1 aromatic carbocycles. The van der Waals surface area contributed by atoms with Crippen LogP contribution in [0.1, 0.15) is 36.7 Å². The average Bonchev–Trinajstić information content (AvgIpc) is 2.33. The summed E-state index contributed by atoms with van der Waals surface area (Å²) in [7, 11) is 0. The Morgan fingerprint density at radius 3 is 2.62 bits per heavy atom. The summed E-state index contributed by atoms with van der Waals surface area (Å²) in [5.74, 6) is 4.25. The molecule has 6 heteroatoms. The Labute approximate surface area is 123 Å². The first-order chi connectivity index (χ1) is 9.69. The summed E-state index contributed by atoms with van der Waals surface area (Å²) in [5.41, 5.74) is 5.67. The fourth-order valence-corrected chi connectivity index (χ4v) is 1.42. The predicted octanol–water partition coefficient (Wildman–Crippen LogP) is 1.84. The molecule has 1 amide bonds. The number of rotatable bonds is 2. The number of carbonyl (C=O) groups is 2. The molecule has 0 atom stereocenters. The van der Waals surface area contributed by atoms with Crippen molar-refractivity contribution in [3.05, 3.63) is 29.3 Å². The number of aromatic carboxylic acids is 1. The van der Waals surface area contributed by atoms with Gasteiger partial charge in [-0.3, -0.25) is 0 Å². The standard InChI is InChI=1S/C15H18N2O4/c1-15(2,3)21-14(20)17-8-4-5-10-6-7-11(16)9-12(10)13(18)19/h6-7,9H,8,16H2,1-3H3,(H,17,20)(H,18,19). The van der Waals surface area contributed by atoms with Crippen LogP contribution in [-0.2, 0) is 4.74 Å². The normalized spacial score (nSPS) is 10.2. The third kappa shape index (κ3) is 5.87. The Morgan fingerprint density at radius 1 is 1.38 bits per heavy atom. The van der Waals surface area contributed by atoms with Gasteiger partial charge >= 0.3 is 12.1 Å². The van der Waals surface area contributed by atoms with Crippen molar-refractivity contribution in [1.29, 1.82) is 0 Å². The maximum atomic E-state index is 11.4. The van der Waals surface area contributed by atoms with Gasteiger partial charge in [-0.1, -0.05) is 11.8 Å². The van der Waals surface area contributed by atoms with Gasteiger partial charge in [-0.15, -0.1) is 0 Å². The second kappa shape index (κ2) is 6.66. The lowest BCUT2D eigenvalue weighted by atomic mass is 10.1. The van der Waals surface area contributed by atoms with Gasteiger partial charge in [0.2, 0.25) is 0 Å². The number of alkyl carbamates (subject to hydrolysis) is 1. The number of nitrogen functional groups attached to an aromatic ring is 1. The van der Waals surface area contributed by atoms with E-state index in [4.69, 9.17) is 15.6 Å². The van der Waals surface area contributed by atoms with Crippen molar-refractivity contribution in [3.63, 3.8) is 0 Å². The number of ether oxygens (including phenoxy) is 1. The molecule has 0 saturated heterocycles. The van der Waals surface area contributed by atoms with Crippen LogP contribution in [-0.4, -0.2) is 29.3 Å². The van der Waals surface area contributed by atoms with E-state index in [-0.39, 0.29) is 12.1 Å². The summed E-state index contributed by atoms with van der Waals surface area (Å²) < 4.78 is 5.04. The van der Waals surface area contributed by atoms with Crippen molar-refractivity contribution in [2.24, 2.45) is 0 Å². The fraction of sp³-hybridized carbons (Fsp3) is 0.333. The number of hydrogen-bond donors (Lipinski definition) is 3. The van der Waals surface area contributed by atoms with E-state index >= 15 is 0 Å². The maximum absolute atomic E-state index is 11.4. The summed E-state index contributed by atoms with van der Waals surface area (Å²) in [5, 5.41) is 11.5. The molecule has 1 aromatic rings. The van der Waals surface area contributed by atoms with Gasteiger partial charge in [0, 0.05) is 11.3 Å². The van der Waals surface area contributed by atoms with Crippen LogP contribution in [0.25, 0.3) is 0 Å². The number of amides is 1. The molecule has 112 valence electrons. The molecule has 0 aliphatic heterocycles. The summed E-state index contributed by atoms with van der Waals surface area (Å²) in [6.07, 6.45) is -0.576. The summed E-state index contributed by atoms with van der Waals surface area (Å²) in [4.78, 5) is 22.4. The highest BCUT2D eigenvalue weighted by Crippen LogP contribution is 2.12. The SMILES string of the molecule is CC(C)(C)OC(=O)NCC#Cc1ccc(N)cc1C(=O)O. The monoisotopic (exact) mass is 290 g/mol. The lowest BCUT2D eigenvalue weighted by Crippen LogP contribution is -2.32. The Balaban J connectivity index is 2.68. The van der Waals surface area contributed by atoms with Gasteiger partial charge in [0.15, 0.2) is 0 Å². The van der Waals surface area contributed by atoms with Crippen molar-refractivity contribution in [3.8, 4) is 11.8 Å². The van der Waals surface area contributed by atoms with Crippen molar-refractivity contribution >= 4 is 17.7 Å². The molecule has 0 aliphatic carbocycles. The molecule has 0 unspecified atom stereocenters. The number of carboxylic acids is 1. The third-order valence-electron chi connectivity index (χ3n) is 2.22. The second-order valence-corrected chi connectivity index (χ2v) is 5.27. The molecule has 0 fully saturated rings. The zero-order valence-electron chi connectivity index (χ0n) is 12.2. The Bertz CT molecular complexity index is 606. The van der Waals surface area contributed by atoms with Crippen molar-refractivity contribution in [2.45, 2.75) is 26.4 Å². The van der Waals surface area contributed by atoms with Crippen LogP contribution in [0.3, 0.4) is 0 Å². The first-order valence-electron chi connectivity index (χ1n) is 6.27. The van der Waals surface area contributed by atoms with Gasteiger partial charge in [0.05, 0.1) is 12.1 Å². The van der Waals surface area contributed by atoms with E-state index in [1.807, 2.05) is 0 Å². The average molecular weight is 290 g/mol. The molecule has 0 heterocycles. The van der Waals surface area contributed by atoms with E-state index in [1.54, 1.807) is 26.8 Å². The molecule has 0 spiro atoms. The van der Waals surface area contributed by atoms with Crippen LogP contribution in [0, 0.1) is 11.8 Å². The Morgan fingerprint density at radius 2 is 2.05 bits per heavy atom. The number of benzene rings is 1. The first-order valence-corrected chi connectivity index (χ1v) is 6.27. The Hall–Kier alpha value is -2.68. The molecule has 1 rings (SSSR count). The molecule has 0 radical (unpaired) electrons. The molecule has 21 heavy (non-hydrogen) atoms. The number of anilines is 1. The molecular formula is C15H18N2O4. The highest BCUT2D eigenvalue weighted by atomic mass is 16.6. The molecule has 4 N–H and O–H groups in total. The number of carboxylic acid groups (broad SMARTS) is 1. The minimum absolute atomic E-state index is 0.0276. The van der Waals surface area contributed by atoms with E-state index in [0.717, 1.165) is 0 Å². The molecular weight excluding hydrogens is 272 g/mol. The minimum atomic E-state index is -1.10. The van der Waals surface area contributed by atoms with Crippen molar-refractivity contribution in [1.82, 2.24) is 5.32 Å². The van der Waals surface area contributed by atoms with Crippen LogP contribution in [0.2, 0.25) is 0 Å². The third-order valence-corrected chi connectivity index (χ3v) is 2.22. The van der Waals surface area contributed by atoms with E-state index in [9.17, 15) is 9.59 Å². The largest absolute Gasteiger partial charge is 0.478 e. The highest BCUT2D eigenvalue weighted by Gasteiger charge is 2.15. The van der Waals surface area contributed by atoms with Gasteiger partial charge in [-0.25, -0.2) is 9.59 Å². The maximum Gasteiger partial charge on any atom is 0.408 e. The predicted molar refractivity (Wildman–Crippen MR) is 78.9 cm³/mol. The van der Waals surface area contributed by atoms with Gasteiger partial charge in [-0.2, -0.15) is 0 Å². The van der Waals surface area contributed by atoms with Gasteiger partial charge in [-0.05, 0) is 39.0 Å². The van der Waals surface area contributed by atoms with E-state index in [2.05, 4.69) is 17.2 Å². The van der Waals surface area contributed by atoms with Crippen LogP contribution in [0.5, 0.6) is 0 Å². The lowest BCUT2D eigenvalue weighted by Gasteiger charge is -2.19. The van der Waals surface area contributed by atoms with Gasteiger partial charge < -0.3 is 20.9 Å². The van der Waals surface area contributed by atoms with E-state index in [1.165, 1.54) is 12.1 Å². The first kappa shape index (κ1) is 16.4.